The van der Waals surface area contributed by atoms with Crippen LogP contribution in [-0.4, -0.2) is 59.7 Å². The Hall–Kier alpha value is -1.31. The Morgan fingerprint density at radius 3 is 2.32 bits per heavy atom. The van der Waals surface area contributed by atoms with Crippen molar-refractivity contribution in [2.45, 2.75) is 18.2 Å². The monoisotopic (exact) mass is 329 g/mol. The third-order valence-electron chi connectivity index (χ3n) is 4.03. The highest BCUT2D eigenvalue weighted by Gasteiger charge is 2.30. The number of piperazine rings is 1. The lowest BCUT2D eigenvalue weighted by molar-refractivity contribution is -0.903. The summed E-state index contributed by atoms with van der Waals surface area (Å²) in [6.45, 7) is 6.10. The maximum atomic E-state index is 12.7. The molecule has 0 saturated carbocycles. The zero-order valence-corrected chi connectivity index (χ0v) is 14.3. The molecule has 22 heavy (non-hydrogen) atoms. The summed E-state index contributed by atoms with van der Waals surface area (Å²) in [7, 11) is -0.443. The van der Waals surface area contributed by atoms with Crippen molar-refractivity contribution in [2.75, 3.05) is 46.9 Å². The molecule has 0 amide bonds. The Morgan fingerprint density at radius 2 is 1.77 bits per heavy atom. The number of nitrogens with zero attached hydrogens (tertiary/aromatic N) is 1. The summed E-state index contributed by atoms with van der Waals surface area (Å²) in [6, 6.07) is 4.73. The minimum atomic E-state index is -3.47. The zero-order chi connectivity index (χ0) is 16.2. The molecule has 0 radical (unpaired) electrons. The average Bonchev–Trinajstić information content (AvgIpc) is 2.55. The van der Waals surface area contributed by atoms with Crippen LogP contribution < -0.4 is 14.4 Å². The molecule has 0 aliphatic carbocycles. The van der Waals surface area contributed by atoms with E-state index in [0.717, 1.165) is 26.1 Å². The van der Waals surface area contributed by atoms with Gasteiger partial charge >= 0.3 is 0 Å². The van der Waals surface area contributed by atoms with E-state index < -0.39 is 10.0 Å². The molecule has 0 spiro atoms. The van der Waals surface area contributed by atoms with Crippen LogP contribution in [0.3, 0.4) is 0 Å². The Kier molecular flexibility index (Phi) is 5.66. The molecule has 7 heteroatoms. The van der Waals surface area contributed by atoms with Crippen molar-refractivity contribution in [3.8, 4) is 11.5 Å². The Morgan fingerprint density at radius 1 is 1.14 bits per heavy atom. The predicted molar refractivity (Wildman–Crippen MR) is 84.2 cm³/mol. The van der Waals surface area contributed by atoms with Crippen molar-refractivity contribution in [1.29, 1.82) is 0 Å². The first-order chi connectivity index (χ1) is 10.5. The van der Waals surface area contributed by atoms with Gasteiger partial charge in [0.15, 0.2) is 11.5 Å². The van der Waals surface area contributed by atoms with E-state index in [1.54, 1.807) is 16.4 Å². The van der Waals surface area contributed by atoms with E-state index >= 15 is 0 Å². The van der Waals surface area contributed by atoms with Gasteiger partial charge in [0.25, 0.3) is 0 Å². The minimum absolute atomic E-state index is 0.254. The lowest BCUT2D eigenvalue weighted by atomic mass is 10.3. The van der Waals surface area contributed by atoms with E-state index in [2.05, 4.69) is 6.92 Å². The summed E-state index contributed by atoms with van der Waals surface area (Å²) in [4.78, 5) is 1.73. The predicted octanol–water partition coefficient (Wildman–Crippen LogP) is 0.00300. The lowest BCUT2D eigenvalue weighted by Crippen LogP contribution is -3.14. The first-order valence-corrected chi connectivity index (χ1v) is 9.02. The molecular formula is C15H25N2O4S+. The zero-order valence-electron chi connectivity index (χ0n) is 13.5. The quantitative estimate of drug-likeness (QED) is 0.798. The molecule has 1 aliphatic rings. The van der Waals surface area contributed by atoms with Gasteiger partial charge in [0.1, 0.15) is 0 Å². The number of ether oxygens (including phenoxy) is 2. The van der Waals surface area contributed by atoms with Crippen LogP contribution in [0.5, 0.6) is 11.5 Å². The molecule has 1 aromatic carbocycles. The smallest absolute Gasteiger partial charge is 0.243 e. The summed E-state index contributed by atoms with van der Waals surface area (Å²) >= 11 is 0. The molecule has 124 valence electrons. The van der Waals surface area contributed by atoms with Crippen LogP contribution in [0.25, 0.3) is 0 Å². The van der Waals surface area contributed by atoms with E-state index in [-0.39, 0.29) is 4.90 Å². The summed E-state index contributed by atoms with van der Waals surface area (Å²) in [6.07, 6.45) is 1.12. The molecule has 1 aliphatic heterocycles. The van der Waals surface area contributed by atoms with Crippen molar-refractivity contribution in [3.05, 3.63) is 18.2 Å². The fourth-order valence-corrected chi connectivity index (χ4v) is 4.23. The summed E-state index contributed by atoms with van der Waals surface area (Å²) in [5.74, 6) is 0.956. The average molecular weight is 329 g/mol. The second-order valence-electron chi connectivity index (χ2n) is 5.42. The van der Waals surface area contributed by atoms with Crippen LogP contribution in [0.15, 0.2) is 23.1 Å². The number of hydrogen-bond donors (Lipinski definition) is 1. The SMILES string of the molecule is CCC[NH+]1CCN(S(=O)(=O)c2ccc(OC)c(OC)c2)CC1. The molecule has 2 rings (SSSR count). The van der Waals surface area contributed by atoms with Crippen LogP contribution in [0.2, 0.25) is 0 Å². The van der Waals surface area contributed by atoms with Crippen molar-refractivity contribution >= 4 is 10.0 Å². The van der Waals surface area contributed by atoms with Gasteiger partial charge in [0.2, 0.25) is 10.0 Å². The molecule has 0 atom stereocenters. The van der Waals surface area contributed by atoms with E-state index in [4.69, 9.17) is 9.47 Å². The highest BCUT2D eigenvalue weighted by Crippen LogP contribution is 2.30. The van der Waals surface area contributed by atoms with Gasteiger partial charge in [0, 0.05) is 6.07 Å². The largest absolute Gasteiger partial charge is 0.493 e. The maximum absolute atomic E-state index is 12.7. The summed E-state index contributed by atoms with van der Waals surface area (Å²) < 4.78 is 37.4. The number of sulfonamides is 1. The van der Waals surface area contributed by atoms with Crippen LogP contribution >= 0.6 is 0 Å². The Labute approximate surface area is 132 Å². The molecule has 6 nitrogen and oxygen atoms in total. The molecule has 0 aromatic heterocycles. The second-order valence-corrected chi connectivity index (χ2v) is 7.36. The number of quaternary nitrogens is 1. The molecule has 1 saturated heterocycles. The van der Waals surface area contributed by atoms with Crippen molar-refractivity contribution in [3.63, 3.8) is 0 Å². The van der Waals surface area contributed by atoms with E-state index in [1.165, 1.54) is 25.2 Å². The van der Waals surface area contributed by atoms with Gasteiger partial charge in [-0.05, 0) is 18.6 Å². The molecule has 1 aromatic rings. The van der Waals surface area contributed by atoms with Gasteiger partial charge in [-0.15, -0.1) is 0 Å². The molecule has 0 unspecified atom stereocenters. The van der Waals surface area contributed by atoms with Crippen molar-refractivity contribution in [1.82, 2.24) is 4.31 Å². The highest BCUT2D eigenvalue weighted by atomic mass is 32.2. The molecule has 1 heterocycles. The topological polar surface area (TPSA) is 60.3 Å². The second kappa shape index (κ2) is 7.30. The Balaban J connectivity index is 2.17. The molecule has 1 N–H and O–H groups in total. The lowest BCUT2D eigenvalue weighted by Gasteiger charge is -2.31. The van der Waals surface area contributed by atoms with E-state index in [1.807, 2.05) is 0 Å². The van der Waals surface area contributed by atoms with Gasteiger partial charge in [-0.25, -0.2) is 8.42 Å². The molecule has 0 bridgehead atoms. The van der Waals surface area contributed by atoms with Gasteiger partial charge < -0.3 is 14.4 Å². The van der Waals surface area contributed by atoms with Crippen LogP contribution in [0, 0.1) is 0 Å². The standard InChI is InChI=1S/C15H24N2O4S/c1-4-7-16-8-10-17(11-9-16)22(18,19)13-5-6-14(20-2)15(12-13)21-3/h5-6,12H,4,7-11H2,1-3H3/p+1. The third-order valence-corrected chi connectivity index (χ3v) is 5.92. The highest BCUT2D eigenvalue weighted by molar-refractivity contribution is 7.89. The Bertz CT molecular complexity index is 596. The number of methoxy groups -OCH3 is 2. The maximum Gasteiger partial charge on any atom is 0.243 e. The number of rotatable bonds is 6. The first-order valence-electron chi connectivity index (χ1n) is 7.58. The van der Waals surface area contributed by atoms with Crippen LogP contribution in [-0.2, 0) is 10.0 Å². The fourth-order valence-electron chi connectivity index (χ4n) is 2.77. The fraction of sp³-hybridized carbons (Fsp3) is 0.600. The van der Waals surface area contributed by atoms with Crippen LogP contribution in [0.4, 0.5) is 0 Å². The molecule has 1 fully saturated rings. The van der Waals surface area contributed by atoms with Crippen molar-refractivity contribution < 1.29 is 22.8 Å². The van der Waals surface area contributed by atoms with Gasteiger partial charge in [0.05, 0.1) is 51.8 Å². The number of benzene rings is 1. The summed E-state index contributed by atoms with van der Waals surface area (Å²) in [5.41, 5.74) is 0. The van der Waals surface area contributed by atoms with Gasteiger partial charge in [-0.3, -0.25) is 0 Å². The van der Waals surface area contributed by atoms with E-state index in [0.29, 0.717) is 24.6 Å². The summed E-state index contributed by atoms with van der Waals surface area (Å²) in [5, 5.41) is 0. The van der Waals surface area contributed by atoms with Gasteiger partial charge in [-0.2, -0.15) is 4.31 Å². The number of nitrogens with one attached hydrogen (secondary N) is 1. The third kappa shape index (κ3) is 3.53. The normalized spacial score (nSPS) is 17.4. The first kappa shape index (κ1) is 17.1. The van der Waals surface area contributed by atoms with Gasteiger partial charge in [-0.1, -0.05) is 6.92 Å². The molecular weight excluding hydrogens is 304 g/mol. The number of hydrogen-bond acceptors (Lipinski definition) is 4. The van der Waals surface area contributed by atoms with E-state index in [9.17, 15) is 8.42 Å². The van der Waals surface area contributed by atoms with Crippen LogP contribution in [0.1, 0.15) is 13.3 Å². The minimum Gasteiger partial charge on any atom is -0.493 e. The van der Waals surface area contributed by atoms with Crippen molar-refractivity contribution in [2.24, 2.45) is 0 Å².